The van der Waals surface area contributed by atoms with E-state index in [-0.39, 0.29) is 32.5 Å². The van der Waals surface area contributed by atoms with Gasteiger partial charge >= 0.3 is 5.69 Å². The molecular formula is C23H13Cl3N6O3. The number of nitrogens with one attached hydrogen (secondary N) is 1. The Labute approximate surface area is 211 Å². The van der Waals surface area contributed by atoms with Crippen molar-refractivity contribution in [3.05, 3.63) is 96.7 Å². The van der Waals surface area contributed by atoms with E-state index in [4.69, 9.17) is 45.3 Å². The Morgan fingerprint density at radius 2 is 1.60 bits per heavy atom. The number of nitrogens with zero attached hydrogens (tertiary/aromatic N) is 4. The summed E-state index contributed by atoms with van der Waals surface area (Å²) >= 11 is 19.1. The first-order valence-electron chi connectivity index (χ1n) is 9.99. The van der Waals surface area contributed by atoms with E-state index in [0.29, 0.717) is 5.56 Å². The van der Waals surface area contributed by atoms with Gasteiger partial charge in [-0.25, -0.2) is 4.79 Å². The molecule has 0 radical (unpaired) electrons. The number of nitrogen functional groups attached to an aromatic ring is 1. The third-order valence-electron chi connectivity index (χ3n) is 5.07. The summed E-state index contributed by atoms with van der Waals surface area (Å²) in [4.78, 5) is 25.7. The zero-order chi connectivity index (χ0) is 24.7. The molecule has 3 aromatic carbocycles. The Hall–Kier alpha value is -3.92. The number of ether oxygens (including phenoxy) is 1. The van der Waals surface area contributed by atoms with Crippen LogP contribution in [0.15, 0.2) is 70.3 Å². The maximum Gasteiger partial charge on any atom is 0.349 e. The van der Waals surface area contributed by atoms with Gasteiger partial charge in [-0.15, -0.1) is 15.3 Å². The minimum atomic E-state index is -0.811. The number of anilines is 1. The van der Waals surface area contributed by atoms with Crippen molar-refractivity contribution in [2.75, 3.05) is 5.73 Å². The van der Waals surface area contributed by atoms with Gasteiger partial charge in [0.25, 0.3) is 5.56 Å². The number of benzene rings is 3. The van der Waals surface area contributed by atoms with Crippen molar-refractivity contribution in [3.8, 4) is 28.4 Å². The predicted molar refractivity (Wildman–Crippen MR) is 135 cm³/mol. The standard InChI is InChI=1S/C23H13Cl3N6O3/c24-16-8-14(32-23(34)28-22(33)21(27)31-32)9-17(25)19(16)35-18-10-15(20(26)30-29-18)13-6-5-11-3-1-2-4-12(11)7-13/h1-10H,(H2,27,31)(H,28,33,34). The number of halogens is 3. The van der Waals surface area contributed by atoms with Gasteiger partial charge in [-0.1, -0.05) is 71.2 Å². The molecule has 0 amide bonds. The van der Waals surface area contributed by atoms with Crippen LogP contribution in [0.3, 0.4) is 0 Å². The van der Waals surface area contributed by atoms with Crippen molar-refractivity contribution in [2.24, 2.45) is 0 Å². The molecule has 0 fully saturated rings. The van der Waals surface area contributed by atoms with Crippen LogP contribution in [-0.2, 0) is 0 Å². The van der Waals surface area contributed by atoms with E-state index in [1.165, 1.54) is 12.1 Å². The van der Waals surface area contributed by atoms with E-state index in [9.17, 15) is 9.59 Å². The third-order valence-corrected chi connectivity index (χ3v) is 5.92. The SMILES string of the molecule is Nc1nn(-c2cc(Cl)c(Oc3cc(-c4ccc5ccccc5c4)c(Cl)nn3)c(Cl)c2)c(=O)[nH]c1=O. The van der Waals surface area contributed by atoms with Gasteiger partial charge in [0, 0.05) is 11.6 Å². The molecule has 35 heavy (non-hydrogen) atoms. The summed E-state index contributed by atoms with van der Waals surface area (Å²) in [5, 5.41) is 14.1. The highest BCUT2D eigenvalue weighted by Gasteiger charge is 2.17. The highest BCUT2D eigenvalue weighted by Crippen LogP contribution is 2.39. The Bertz CT molecular complexity index is 1710. The van der Waals surface area contributed by atoms with Crippen LogP contribution < -0.4 is 21.7 Å². The summed E-state index contributed by atoms with van der Waals surface area (Å²) < 4.78 is 6.68. The van der Waals surface area contributed by atoms with Gasteiger partial charge in [-0.2, -0.15) is 4.68 Å². The fourth-order valence-electron chi connectivity index (χ4n) is 3.43. The van der Waals surface area contributed by atoms with Crippen molar-refractivity contribution >= 4 is 51.4 Å². The molecule has 174 valence electrons. The molecule has 0 spiro atoms. The molecule has 0 aliphatic rings. The maximum absolute atomic E-state index is 12.1. The van der Waals surface area contributed by atoms with Crippen molar-refractivity contribution < 1.29 is 4.74 Å². The number of fused-ring (bicyclic) bond motifs is 1. The molecule has 9 nitrogen and oxygen atoms in total. The molecule has 0 bridgehead atoms. The highest BCUT2D eigenvalue weighted by molar-refractivity contribution is 6.37. The van der Waals surface area contributed by atoms with Gasteiger partial charge in [0.2, 0.25) is 11.7 Å². The average Bonchev–Trinajstić information content (AvgIpc) is 2.84. The highest BCUT2D eigenvalue weighted by atomic mass is 35.5. The van der Waals surface area contributed by atoms with E-state index in [1.807, 2.05) is 42.5 Å². The molecule has 0 atom stereocenters. The van der Waals surface area contributed by atoms with Gasteiger partial charge in [0.15, 0.2) is 10.9 Å². The van der Waals surface area contributed by atoms with Gasteiger partial charge in [0.05, 0.1) is 15.7 Å². The number of H-pyrrole nitrogens is 1. The fraction of sp³-hybridized carbons (Fsp3) is 0. The van der Waals surface area contributed by atoms with Crippen LogP contribution >= 0.6 is 34.8 Å². The second-order valence-corrected chi connectivity index (χ2v) is 8.52. The quantitative estimate of drug-likeness (QED) is 0.341. The van der Waals surface area contributed by atoms with E-state index in [2.05, 4.69) is 20.3 Å². The van der Waals surface area contributed by atoms with Crippen molar-refractivity contribution in [3.63, 3.8) is 0 Å². The first-order valence-corrected chi connectivity index (χ1v) is 11.1. The zero-order valence-corrected chi connectivity index (χ0v) is 19.8. The number of hydrogen-bond donors (Lipinski definition) is 2. The fourth-order valence-corrected chi connectivity index (χ4v) is 4.18. The van der Waals surface area contributed by atoms with Crippen LogP contribution in [0.4, 0.5) is 5.82 Å². The summed E-state index contributed by atoms with van der Waals surface area (Å²) in [6.07, 6.45) is 0. The summed E-state index contributed by atoms with van der Waals surface area (Å²) in [6, 6.07) is 18.2. The molecule has 2 aromatic heterocycles. The van der Waals surface area contributed by atoms with E-state index in [0.717, 1.165) is 21.0 Å². The van der Waals surface area contributed by atoms with Crippen molar-refractivity contribution in [2.45, 2.75) is 0 Å². The molecule has 0 aliphatic carbocycles. The smallest absolute Gasteiger partial charge is 0.349 e. The maximum atomic E-state index is 12.1. The number of hydrogen-bond acceptors (Lipinski definition) is 7. The summed E-state index contributed by atoms with van der Waals surface area (Å²) in [5.74, 6) is -0.226. The summed E-state index contributed by atoms with van der Waals surface area (Å²) in [6.45, 7) is 0. The first kappa shape index (κ1) is 22.9. The molecule has 5 rings (SSSR count). The molecule has 12 heteroatoms. The lowest BCUT2D eigenvalue weighted by Gasteiger charge is -2.12. The Morgan fingerprint density at radius 3 is 2.34 bits per heavy atom. The van der Waals surface area contributed by atoms with Crippen LogP contribution in [0.5, 0.6) is 11.6 Å². The molecule has 3 N–H and O–H groups in total. The van der Waals surface area contributed by atoms with Crippen LogP contribution in [0.2, 0.25) is 15.2 Å². The van der Waals surface area contributed by atoms with Crippen LogP contribution in [0, 0.1) is 0 Å². The molecular weight excluding hydrogens is 515 g/mol. The monoisotopic (exact) mass is 526 g/mol. The second kappa shape index (κ2) is 9.03. The zero-order valence-electron chi connectivity index (χ0n) is 17.5. The van der Waals surface area contributed by atoms with Gasteiger partial charge in [0.1, 0.15) is 0 Å². The summed E-state index contributed by atoms with van der Waals surface area (Å²) in [7, 11) is 0. The van der Waals surface area contributed by atoms with E-state index < -0.39 is 17.1 Å². The topological polar surface area (TPSA) is 129 Å². The lowest BCUT2D eigenvalue weighted by molar-refractivity contribution is 0.456. The largest absolute Gasteiger partial charge is 0.434 e. The number of aromatic amines is 1. The lowest BCUT2D eigenvalue weighted by Crippen LogP contribution is -2.33. The molecule has 0 aliphatic heterocycles. The summed E-state index contributed by atoms with van der Waals surface area (Å²) in [5.41, 5.74) is 5.49. The molecule has 0 unspecified atom stereocenters. The van der Waals surface area contributed by atoms with Crippen molar-refractivity contribution in [1.29, 1.82) is 0 Å². The Kier molecular flexibility index (Phi) is 5.89. The second-order valence-electron chi connectivity index (χ2n) is 7.35. The molecule has 5 aromatic rings. The number of rotatable bonds is 4. The van der Waals surface area contributed by atoms with Gasteiger partial charge < -0.3 is 10.5 Å². The van der Waals surface area contributed by atoms with Crippen LogP contribution in [0.1, 0.15) is 0 Å². The lowest BCUT2D eigenvalue weighted by atomic mass is 10.0. The van der Waals surface area contributed by atoms with Crippen LogP contribution in [0.25, 0.3) is 27.6 Å². The normalized spacial score (nSPS) is 11.1. The third kappa shape index (κ3) is 4.44. The molecule has 0 saturated carbocycles. The first-order chi connectivity index (χ1) is 16.8. The molecule has 2 heterocycles. The Morgan fingerprint density at radius 1 is 0.886 bits per heavy atom. The minimum absolute atomic E-state index is 0.0509. The van der Waals surface area contributed by atoms with E-state index in [1.54, 1.807) is 6.07 Å². The van der Waals surface area contributed by atoms with Crippen LogP contribution in [-0.4, -0.2) is 25.0 Å². The van der Waals surface area contributed by atoms with E-state index >= 15 is 0 Å². The minimum Gasteiger partial charge on any atom is -0.434 e. The number of aromatic nitrogens is 5. The average molecular weight is 528 g/mol. The van der Waals surface area contributed by atoms with Gasteiger partial charge in [-0.05, 0) is 34.5 Å². The Balaban J connectivity index is 1.51. The predicted octanol–water partition coefficient (Wildman–Crippen LogP) is 4.87. The van der Waals surface area contributed by atoms with Crippen molar-refractivity contribution in [1.82, 2.24) is 25.0 Å². The molecule has 0 saturated heterocycles. The van der Waals surface area contributed by atoms with Gasteiger partial charge in [-0.3, -0.25) is 9.78 Å². The number of nitrogens with two attached hydrogens (primary N) is 1.